The zero-order valence-corrected chi connectivity index (χ0v) is 11.8. The van der Waals surface area contributed by atoms with E-state index in [4.69, 9.17) is 9.26 Å². The van der Waals surface area contributed by atoms with Crippen LogP contribution in [0.4, 0.5) is 4.39 Å². The van der Waals surface area contributed by atoms with Gasteiger partial charge in [0.1, 0.15) is 17.1 Å². The number of benzene rings is 1. The molecular formula is C14H17FN4O2. The SMILES string of the molecule is COc1cccc(F)c1-c1nc(CN2CCNCC2)no1. The van der Waals surface area contributed by atoms with E-state index in [1.807, 2.05) is 0 Å². The van der Waals surface area contributed by atoms with Crippen molar-refractivity contribution in [3.05, 3.63) is 29.8 Å². The minimum absolute atomic E-state index is 0.148. The zero-order chi connectivity index (χ0) is 14.7. The number of aromatic nitrogens is 2. The van der Waals surface area contributed by atoms with Crippen molar-refractivity contribution in [2.45, 2.75) is 6.54 Å². The van der Waals surface area contributed by atoms with Gasteiger partial charge in [-0.3, -0.25) is 4.90 Å². The molecule has 0 atom stereocenters. The molecule has 1 aliphatic heterocycles. The molecule has 112 valence electrons. The molecule has 7 heteroatoms. The second-order valence-electron chi connectivity index (χ2n) is 4.86. The molecule has 1 aliphatic rings. The maximum atomic E-state index is 14.0. The number of ether oxygens (including phenoxy) is 1. The number of piperazine rings is 1. The van der Waals surface area contributed by atoms with Crippen molar-refractivity contribution >= 4 is 0 Å². The highest BCUT2D eigenvalue weighted by Crippen LogP contribution is 2.31. The monoisotopic (exact) mass is 292 g/mol. The number of nitrogens with zero attached hydrogens (tertiary/aromatic N) is 3. The van der Waals surface area contributed by atoms with E-state index in [2.05, 4.69) is 20.4 Å². The van der Waals surface area contributed by atoms with E-state index in [0.717, 1.165) is 26.2 Å². The van der Waals surface area contributed by atoms with Crippen molar-refractivity contribution in [2.24, 2.45) is 0 Å². The molecule has 0 aliphatic carbocycles. The van der Waals surface area contributed by atoms with E-state index in [1.165, 1.54) is 13.2 Å². The number of methoxy groups -OCH3 is 1. The van der Waals surface area contributed by atoms with E-state index < -0.39 is 5.82 Å². The Morgan fingerprint density at radius 1 is 1.38 bits per heavy atom. The number of hydrogen-bond acceptors (Lipinski definition) is 6. The minimum Gasteiger partial charge on any atom is -0.496 e. The summed E-state index contributed by atoms with van der Waals surface area (Å²) in [6, 6.07) is 4.59. The van der Waals surface area contributed by atoms with E-state index in [9.17, 15) is 4.39 Å². The summed E-state index contributed by atoms with van der Waals surface area (Å²) < 4.78 is 24.3. The lowest BCUT2D eigenvalue weighted by molar-refractivity contribution is 0.225. The molecule has 2 aromatic rings. The van der Waals surface area contributed by atoms with Crippen LogP contribution in [0.1, 0.15) is 5.82 Å². The lowest BCUT2D eigenvalue weighted by Gasteiger charge is -2.25. The Hall–Kier alpha value is -1.99. The average Bonchev–Trinajstić information content (AvgIpc) is 2.96. The van der Waals surface area contributed by atoms with Crippen molar-refractivity contribution in [3.63, 3.8) is 0 Å². The van der Waals surface area contributed by atoms with E-state index in [0.29, 0.717) is 18.1 Å². The van der Waals surface area contributed by atoms with Gasteiger partial charge in [-0.05, 0) is 12.1 Å². The molecule has 1 aromatic carbocycles. The maximum Gasteiger partial charge on any atom is 0.264 e. The first kappa shape index (κ1) is 14.0. The number of rotatable bonds is 4. The smallest absolute Gasteiger partial charge is 0.264 e. The van der Waals surface area contributed by atoms with Gasteiger partial charge < -0.3 is 14.6 Å². The van der Waals surface area contributed by atoms with Crippen LogP contribution in [-0.2, 0) is 6.54 Å². The lowest BCUT2D eigenvalue weighted by Crippen LogP contribution is -2.43. The summed E-state index contributed by atoms with van der Waals surface area (Å²) in [4.78, 5) is 6.51. The Labute approximate surface area is 121 Å². The summed E-state index contributed by atoms with van der Waals surface area (Å²) in [5.74, 6) is 0.645. The summed E-state index contributed by atoms with van der Waals surface area (Å²) in [6.45, 7) is 4.37. The quantitative estimate of drug-likeness (QED) is 0.916. The van der Waals surface area contributed by atoms with Crippen LogP contribution in [0.5, 0.6) is 5.75 Å². The third-order valence-electron chi connectivity index (χ3n) is 3.45. The van der Waals surface area contributed by atoms with Gasteiger partial charge >= 0.3 is 0 Å². The fourth-order valence-corrected chi connectivity index (χ4v) is 2.37. The standard InChI is InChI=1S/C14H17FN4O2/c1-20-11-4-2-3-10(15)13(11)14-17-12(18-21-14)9-19-7-5-16-6-8-19/h2-4,16H,5-9H2,1H3. The predicted octanol–water partition coefficient (Wildman–Crippen LogP) is 1.29. The number of nitrogens with one attached hydrogen (secondary N) is 1. The van der Waals surface area contributed by atoms with Gasteiger partial charge in [0, 0.05) is 26.2 Å². The Bertz CT molecular complexity index is 611. The molecule has 0 radical (unpaired) electrons. The van der Waals surface area contributed by atoms with E-state index >= 15 is 0 Å². The van der Waals surface area contributed by atoms with Crippen molar-refractivity contribution in [3.8, 4) is 17.2 Å². The van der Waals surface area contributed by atoms with Crippen LogP contribution < -0.4 is 10.1 Å². The third-order valence-corrected chi connectivity index (χ3v) is 3.45. The number of hydrogen-bond donors (Lipinski definition) is 1. The Balaban J connectivity index is 1.81. The molecular weight excluding hydrogens is 275 g/mol. The molecule has 1 fully saturated rings. The molecule has 3 rings (SSSR count). The molecule has 1 aromatic heterocycles. The second kappa shape index (κ2) is 6.19. The zero-order valence-electron chi connectivity index (χ0n) is 11.8. The Kier molecular flexibility index (Phi) is 4.12. The maximum absolute atomic E-state index is 14.0. The first-order valence-corrected chi connectivity index (χ1v) is 6.86. The molecule has 1 N–H and O–H groups in total. The highest BCUT2D eigenvalue weighted by Gasteiger charge is 2.20. The summed E-state index contributed by atoms with van der Waals surface area (Å²) in [5, 5.41) is 7.21. The topological polar surface area (TPSA) is 63.4 Å². The molecule has 2 heterocycles. The van der Waals surface area contributed by atoms with Crippen LogP contribution in [0.3, 0.4) is 0 Å². The van der Waals surface area contributed by atoms with Crippen LogP contribution in [0.25, 0.3) is 11.5 Å². The molecule has 0 amide bonds. The van der Waals surface area contributed by atoms with Gasteiger partial charge in [-0.25, -0.2) is 4.39 Å². The van der Waals surface area contributed by atoms with E-state index in [-0.39, 0.29) is 11.5 Å². The van der Waals surface area contributed by atoms with Gasteiger partial charge in [-0.1, -0.05) is 11.2 Å². The Morgan fingerprint density at radius 2 is 2.19 bits per heavy atom. The third kappa shape index (κ3) is 3.03. The molecule has 0 spiro atoms. The fourth-order valence-electron chi connectivity index (χ4n) is 2.37. The summed E-state index contributed by atoms with van der Waals surface area (Å²) >= 11 is 0. The molecule has 0 unspecified atom stereocenters. The first-order valence-electron chi connectivity index (χ1n) is 6.86. The van der Waals surface area contributed by atoms with Gasteiger partial charge in [-0.15, -0.1) is 0 Å². The Morgan fingerprint density at radius 3 is 2.95 bits per heavy atom. The van der Waals surface area contributed by atoms with Crippen molar-refractivity contribution in [1.29, 1.82) is 0 Å². The van der Waals surface area contributed by atoms with Crippen LogP contribution in [0.15, 0.2) is 22.7 Å². The second-order valence-corrected chi connectivity index (χ2v) is 4.86. The van der Waals surface area contributed by atoms with Crippen LogP contribution in [-0.4, -0.2) is 48.3 Å². The fraction of sp³-hybridized carbons (Fsp3) is 0.429. The highest BCUT2D eigenvalue weighted by atomic mass is 19.1. The molecule has 0 saturated carbocycles. The first-order chi connectivity index (χ1) is 10.3. The summed E-state index contributed by atoms with van der Waals surface area (Å²) in [7, 11) is 1.48. The average molecular weight is 292 g/mol. The summed E-state index contributed by atoms with van der Waals surface area (Å²) in [5.41, 5.74) is 0.207. The van der Waals surface area contributed by atoms with Crippen LogP contribution in [0, 0.1) is 5.82 Å². The van der Waals surface area contributed by atoms with Crippen LogP contribution >= 0.6 is 0 Å². The number of halogens is 1. The van der Waals surface area contributed by atoms with Gasteiger partial charge in [-0.2, -0.15) is 4.98 Å². The van der Waals surface area contributed by atoms with Crippen molar-refractivity contribution < 1.29 is 13.7 Å². The molecule has 6 nitrogen and oxygen atoms in total. The minimum atomic E-state index is -0.438. The largest absolute Gasteiger partial charge is 0.496 e. The normalized spacial score (nSPS) is 16.1. The van der Waals surface area contributed by atoms with E-state index in [1.54, 1.807) is 12.1 Å². The molecule has 1 saturated heterocycles. The van der Waals surface area contributed by atoms with Gasteiger partial charge in [0.05, 0.1) is 13.7 Å². The van der Waals surface area contributed by atoms with Crippen molar-refractivity contribution in [1.82, 2.24) is 20.4 Å². The van der Waals surface area contributed by atoms with Gasteiger partial charge in [0.2, 0.25) is 0 Å². The van der Waals surface area contributed by atoms with Crippen LogP contribution in [0.2, 0.25) is 0 Å². The molecule has 0 bridgehead atoms. The summed E-state index contributed by atoms with van der Waals surface area (Å²) in [6.07, 6.45) is 0. The van der Waals surface area contributed by atoms with Gasteiger partial charge in [0.15, 0.2) is 5.82 Å². The highest BCUT2D eigenvalue weighted by molar-refractivity contribution is 5.63. The van der Waals surface area contributed by atoms with Gasteiger partial charge in [0.25, 0.3) is 5.89 Å². The predicted molar refractivity (Wildman–Crippen MR) is 74.4 cm³/mol. The van der Waals surface area contributed by atoms with Crippen molar-refractivity contribution in [2.75, 3.05) is 33.3 Å². The lowest BCUT2D eigenvalue weighted by atomic mass is 10.2. The molecule has 21 heavy (non-hydrogen) atoms.